The molecule has 0 radical (unpaired) electrons. The first-order valence-electron chi connectivity index (χ1n) is 8.89. The van der Waals surface area contributed by atoms with E-state index in [-0.39, 0.29) is 5.56 Å². The molecule has 2 aromatic rings. The molecule has 0 bridgehead atoms. The second-order valence-electron chi connectivity index (χ2n) is 7.05. The van der Waals surface area contributed by atoms with Crippen LogP contribution in [-0.2, 0) is 6.42 Å². The molecule has 4 nitrogen and oxygen atoms in total. The predicted molar refractivity (Wildman–Crippen MR) is 94.6 cm³/mol. The maximum absolute atomic E-state index is 11.2. The van der Waals surface area contributed by atoms with E-state index in [0.29, 0.717) is 18.0 Å². The summed E-state index contributed by atoms with van der Waals surface area (Å²) in [6.07, 6.45) is 6.38. The van der Waals surface area contributed by atoms with Crippen molar-refractivity contribution in [3.05, 3.63) is 63.6 Å². The van der Waals surface area contributed by atoms with E-state index in [9.17, 15) is 4.79 Å². The van der Waals surface area contributed by atoms with Crippen LogP contribution in [0.15, 0.2) is 41.3 Å². The quantitative estimate of drug-likeness (QED) is 0.907. The van der Waals surface area contributed by atoms with Crippen molar-refractivity contribution in [3.63, 3.8) is 0 Å². The number of fused-ring (bicyclic) bond motifs is 1. The molecule has 1 aliphatic heterocycles. The van der Waals surface area contributed by atoms with E-state index in [4.69, 9.17) is 4.74 Å². The molecule has 1 aliphatic carbocycles. The van der Waals surface area contributed by atoms with Gasteiger partial charge in [0.1, 0.15) is 5.75 Å². The van der Waals surface area contributed by atoms with E-state index in [1.165, 1.54) is 29.5 Å². The lowest BCUT2D eigenvalue weighted by atomic mass is 9.99. The van der Waals surface area contributed by atoms with Crippen molar-refractivity contribution in [2.45, 2.75) is 50.6 Å². The first-order chi connectivity index (χ1) is 11.7. The van der Waals surface area contributed by atoms with Gasteiger partial charge in [-0.2, -0.15) is 0 Å². The summed E-state index contributed by atoms with van der Waals surface area (Å²) in [5.74, 6) is 1.59. The third-order valence-corrected chi connectivity index (χ3v) is 5.41. The molecule has 1 fully saturated rings. The average molecular weight is 324 g/mol. The summed E-state index contributed by atoms with van der Waals surface area (Å²) < 4.78 is 5.59. The molecule has 0 amide bonds. The fourth-order valence-electron chi connectivity index (χ4n) is 4.04. The molecule has 2 N–H and O–H groups in total. The van der Waals surface area contributed by atoms with Crippen molar-refractivity contribution >= 4 is 0 Å². The normalized spacial score (nSPS) is 23.7. The number of ether oxygens (including phenoxy) is 1. The van der Waals surface area contributed by atoms with Crippen LogP contribution in [0, 0.1) is 0 Å². The molecule has 0 saturated heterocycles. The number of pyridine rings is 1. The van der Waals surface area contributed by atoms with E-state index in [1.54, 1.807) is 6.07 Å². The molecule has 1 unspecified atom stereocenters. The molecule has 4 heteroatoms. The van der Waals surface area contributed by atoms with Gasteiger partial charge in [-0.25, -0.2) is 0 Å². The first-order valence-corrected chi connectivity index (χ1v) is 8.89. The average Bonchev–Trinajstić information content (AvgIpc) is 3.24. The van der Waals surface area contributed by atoms with Crippen LogP contribution in [-0.4, -0.2) is 17.6 Å². The van der Waals surface area contributed by atoms with Gasteiger partial charge in [-0.05, 0) is 54.9 Å². The van der Waals surface area contributed by atoms with Gasteiger partial charge < -0.3 is 15.0 Å². The van der Waals surface area contributed by atoms with Gasteiger partial charge in [0.2, 0.25) is 5.56 Å². The van der Waals surface area contributed by atoms with Crippen LogP contribution in [0.25, 0.3) is 0 Å². The second-order valence-corrected chi connectivity index (χ2v) is 7.05. The molecule has 3 atom stereocenters. The number of aromatic nitrogens is 1. The van der Waals surface area contributed by atoms with E-state index >= 15 is 0 Å². The number of H-pyrrole nitrogens is 1. The second kappa shape index (κ2) is 6.44. The van der Waals surface area contributed by atoms with Gasteiger partial charge in [0.25, 0.3) is 0 Å². The van der Waals surface area contributed by atoms with Crippen LogP contribution >= 0.6 is 0 Å². The Morgan fingerprint density at radius 3 is 3.00 bits per heavy atom. The zero-order valence-electron chi connectivity index (χ0n) is 14.0. The highest BCUT2D eigenvalue weighted by Gasteiger charge is 2.27. The Labute approximate surface area is 142 Å². The topological polar surface area (TPSA) is 54.1 Å². The van der Waals surface area contributed by atoms with Crippen LogP contribution in [0.5, 0.6) is 5.75 Å². The van der Waals surface area contributed by atoms with Crippen LogP contribution in [0.1, 0.15) is 54.8 Å². The van der Waals surface area contributed by atoms with E-state index < -0.39 is 0 Å². The molecule has 126 valence electrons. The zero-order valence-corrected chi connectivity index (χ0v) is 14.0. The lowest BCUT2D eigenvalue weighted by Crippen LogP contribution is -2.29. The monoisotopic (exact) mass is 324 g/mol. The molecular weight excluding hydrogens is 300 g/mol. The Morgan fingerprint density at radius 2 is 2.17 bits per heavy atom. The first kappa shape index (κ1) is 15.5. The van der Waals surface area contributed by atoms with Gasteiger partial charge in [-0.15, -0.1) is 0 Å². The summed E-state index contributed by atoms with van der Waals surface area (Å²) in [5.41, 5.74) is 3.90. The number of rotatable bonds is 4. The highest BCUT2D eigenvalue weighted by atomic mass is 16.5. The van der Waals surface area contributed by atoms with Gasteiger partial charge >= 0.3 is 0 Å². The molecule has 1 aromatic heterocycles. The van der Waals surface area contributed by atoms with Crippen molar-refractivity contribution in [1.82, 2.24) is 10.3 Å². The largest absolute Gasteiger partial charge is 0.493 e. The summed E-state index contributed by atoms with van der Waals surface area (Å²) in [4.78, 5) is 14.0. The molecule has 1 aromatic carbocycles. The summed E-state index contributed by atoms with van der Waals surface area (Å²) >= 11 is 0. The minimum Gasteiger partial charge on any atom is -0.493 e. The number of hydrogen-bond acceptors (Lipinski definition) is 3. The number of hydrogen-bond donors (Lipinski definition) is 2. The van der Waals surface area contributed by atoms with Crippen LogP contribution in [0.3, 0.4) is 0 Å². The predicted octanol–water partition coefficient (Wildman–Crippen LogP) is 3.30. The molecule has 2 heterocycles. The Morgan fingerprint density at radius 1 is 1.25 bits per heavy atom. The molecular formula is C20H24N2O2. The minimum absolute atomic E-state index is 0.0272. The Bertz CT molecular complexity index is 763. The van der Waals surface area contributed by atoms with Crippen LogP contribution in [0.4, 0.5) is 0 Å². The van der Waals surface area contributed by atoms with E-state index in [2.05, 4.69) is 35.4 Å². The van der Waals surface area contributed by atoms with Crippen LogP contribution in [0.2, 0.25) is 0 Å². The van der Waals surface area contributed by atoms with Crippen molar-refractivity contribution in [2.24, 2.45) is 0 Å². The van der Waals surface area contributed by atoms with Gasteiger partial charge in [0.15, 0.2) is 0 Å². The highest BCUT2D eigenvalue weighted by molar-refractivity contribution is 5.40. The summed E-state index contributed by atoms with van der Waals surface area (Å²) in [6.45, 7) is 3.05. The summed E-state index contributed by atoms with van der Waals surface area (Å²) in [6, 6.07) is 11.0. The maximum Gasteiger partial charge on any atom is 0.247 e. The van der Waals surface area contributed by atoms with E-state index in [1.807, 2.05) is 12.3 Å². The van der Waals surface area contributed by atoms with Gasteiger partial charge in [0.05, 0.1) is 6.61 Å². The SMILES string of the molecule is C[C@@H](NC1CC[C@H](c2ccc(=O)[nH]c2)C1)c1ccc2c(c1)CCO2. The minimum atomic E-state index is -0.0272. The lowest BCUT2D eigenvalue weighted by Gasteiger charge is -2.20. The molecule has 24 heavy (non-hydrogen) atoms. The third-order valence-electron chi connectivity index (χ3n) is 5.41. The lowest BCUT2D eigenvalue weighted by molar-refractivity contribution is 0.356. The summed E-state index contributed by atoms with van der Waals surface area (Å²) in [5, 5.41) is 3.78. The Hall–Kier alpha value is -2.07. The van der Waals surface area contributed by atoms with Crippen LogP contribution < -0.4 is 15.6 Å². The van der Waals surface area contributed by atoms with Gasteiger partial charge in [0, 0.05) is 30.8 Å². The smallest absolute Gasteiger partial charge is 0.247 e. The zero-order chi connectivity index (χ0) is 16.5. The molecule has 4 rings (SSSR count). The van der Waals surface area contributed by atoms with Crippen molar-refractivity contribution in [1.29, 1.82) is 0 Å². The Balaban J connectivity index is 1.39. The molecule has 1 saturated carbocycles. The fraction of sp³-hybridized carbons (Fsp3) is 0.450. The van der Waals surface area contributed by atoms with Crippen molar-refractivity contribution in [2.75, 3.05) is 6.61 Å². The van der Waals surface area contributed by atoms with Crippen molar-refractivity contribution in [3.8, 4) is 5.75 Å². The molecule has 2 aliphatic rings. The van der Waals surface area contributed by atoms with E-state index in [0.717, 1.165) is 25.2 Å². The van der Waals surface area contributed by atoms with Crippen molar-refractivity contribution < 1.29 is 4.74 Å². The standard InChI is InChI=1S/C20H24N2O2/c1-13(14-3-6-19-16(10-14)8-9-24-19)22-18-5-2-15(11-18)17-4-7-20(23)21-12-17/h3-4,6-7,10,12-13,15,18,22H,2,5,8-9,11H2,1H3,(H,21,23)/t13-,15+,18?/m1/s1. The van der Waals surface area contributed by atoms with Gasteiger partial charge in [-0.3, -0.25) is 4.79 Å². The Kier molecular flexibility index (Phi) is 4.15. The third kappa shape index (κ3) is 3.11. The number of benzene rings is 1. The highest BCUT2D eigenvalue weighted by Crippen LogP contribution is 2.35. The number of aromatic amines is 1. The van der Waals surface area contributed by atoms with Gasteiger partial charge in [-0.1, -0.05) is 18.2 Å². The number of nitrogens with one attached hydrogen (secondary N) is 2. The summed E-state index contributed by atoms with van der Waals surface area (Å²) in [7, 11) is 0. The molecule has 0 spiro atoms. The fourth-order valence-corrected chi connectivity index (χ4v) is 4.04. The maximum atomic E-state index is 11.2.